The summed E-state index contributed by atoms with van der Waals surface area (Å²) in [5.74, 6) is -1.19. The number of benzene rings is 2. The van der Waals surface area contributed by atoms with Gasteiger partial charge in [-0.3, -0.25) is 9.59 Å². The highest BCUT2D eigenvalue weighted by atomic mass is 19.1. The number of hydrogen-bond donors (Lipinski definition) is 0. The molecule has 0 radical (unpaired) electrons. The molecule has 1 aliphatic carbocycles. The number of halogens is 1. The Balaban J connectivity index is 1.24. The van der Waals surface area contributed by atoms with Crippen molar-refractivity contribution < 1.29 is 23.1 Å². The van der Waals surface area contributed by atoms with Gasteiger partial charge in [0.25, 0.3) is 0 Å². The third-order valence-corrected chi connectivity index (χ3v) is 6.54. The van der Waals surface area contributed by atoms with Crippen LogP contribution in [0, 0.1) is 17.7 Å². The Morgan fingerprint density at radius 2 is 1.82 bits per heavy atom. The summed E-state index contributed by atoms with van der Waals surface area (Å²) < 4.78 is 24.1. The lowest BCUT2D eigenvalue weighted by molar-refractivity contribution is -0.155. The zero-order chi connectivity index (χ0) is 22.8. The quantitative estimate of drug-likeness (QED) is 0.518. The van der Waals surface area contributed by atoms with Gasteiger partial charge in [-0.1, -0.05) is 31.0 Å². The van der Waals surface area contributed by atoms with Crippen LogP contribution >= 0.6 is 0 Å². The molecule has 1 fully saturated rings. The van der Waals surface area contributed by atoms with Gasteiger partial charge in [-0.15, -0.1) is 0 Å². The maximum atomic E-state index is 13.4. The lowest BCUT2D eigenvalue weighted by atomic mass is 9.78. The van der Waals surface area contributed by atoms with Crippen molar-refractivity contribution in [3.05, 3.63) is 71.9 Å². The van der Waals surface area contributed by atoms with Crippen LogP contribution < -0.4 is 4.90 Å². The minimum absolute atomic E-state index is 0.0154. The van der Waals surface area contributed by atoms with Crippen LogP contribution in [0.1, 0.15) is 36.9 Å². The predicted molar refractivity (Wildman–Crippen MR) is 120 cm³/mol. The van der Waals surface area contributed by atoms with Crippen LogP contribution in [0.2, 0.25) is 0 Å². The monoisotopic (exact) mass is 448 g/mol. The minimum Gasteiger partial charge on any atom is -0.459 e. The zero-order valence-electron chi connectivity index (χ0n) is 18.2. The second-order valence-electron chi connectivity index (χ2n) is 8.62. The van der Waals surface area contributed by atoms with E-state index < -0.39 is 5.92 Å². The number of carbonyl (C=O) groups excluding carboxylic acids is 2. The molecular weight excluding hydrogens is 423 g/mol. The van der Waals surface area contributed by atoms with Gasteiger partial charge < -0.3 is 14.1 Å². The van der Waals surface area contributed by atoms with Crippen LogP contribution in [0.3, 0.4) is 0 Å². The molecule has 2 atom stereocenters. The Bertz CT molecular complexity index is 1160. The average Bonchev–Trinajstić information content (AvgIpc) is 3.50. The second-order valence-corrected chi connectivity index (χ2v) is 8.62. The van der Waals surface area contributed by atoms with E-state index in [1.165, 1.54) is 24.0 Å². The van der Waals surface area contributed by atoms with E-state index in [4.69, 9.17) is 9.15 Å². The number of fused-ring (bicyclic) bond motifs is 1. The second kappa shape index (κ2) is 9.17. The molecule has 2 aliphatic rings. The molecule has 1 aromatic heterocycles. The summed E-state index contributed by atoms with van der Waals surface area (Å²) in [7, 11) is 0. The van der Waals surface area contributed by atoms with Gasteiger partial charge in [0.1, 0.15) is 24.4 Å². The molecule has 0 bridgehead atoms. The number of aromatic nitrogens is 1. The minimum atomic E-state index is -0.456. The maximum Gasteiger partial charge on any atom is 0.310 e. The van der Waals surface area contributed by atoms with Crippen molar-refractivity contribution in [2.24, 2.45) is 11.8 Å². The number of ether oxygens (including phenoxy) is 1. The van der Waals surface area contributed by atoms with Gasteiger partial charge in [-0.25, -0.2) is 9.37 Å². The van der Waals surface area contributed by atoms with Crippen molar-refractivity contribution in [3.8, 4) is 11.5 Å². The largest absolute Gasteiger partial charge is 0.459 e. The van der Waals surface area contributed by atoms with Gasteiger partial charge in [0, 0.05) is 17.8 Å². The molecule has 2 aromatic carbocycles. The molecule has 3 aromatic rings. The number of hydrogen-bond acceptors (Lipinski definition) is 5. The van der Waals surface area contributed by atoms with E-state index in [0.29, 0.717) is 36.5 Å². The third-order valence-electron chi connectivity index (χ3n) is 6.54. The van der Waals surface area contributed by atoms with Crippen molar-refractivity contribution in [1.82, 2.24) is 4.98 Å². The van der Waals surface area contributed by atoms with E-state index >= 15 is 0 Å². The van der Waals surface area contributed by atoms with Crippen molar-refractivity contribution in [2.75, 3.05) is 11.4 Å². The van der Waals surface area contributed by atoms with Gasteiger partial charge in [-0.2, -0.15) is 0 Å². The van der Waals surface area contributed by atoms with E-state index in [9.17, 15) is 14.0 Å². The van der Waals surface area contributed by atoms with Gasteiger partial charge in [0.05, 0.1) is 11.8 Å². The van der Waals surface area contributed by atoms with E-state index in [2.05, 4.69) is 4.98 Å². The highest BCUT2D eigenvalue weighted by molar-refractivity contribution is 5.99. The standard InChI is InChI=1S/C26H25FN2O4/c27-19-11-9-18(10-12-19)24-28-20(15-32-24)16-33-26(31)22-7-3-2-6-21(22)25(30)29-14-13-17-5-1-4-8-23(17)29/h1,4-5,8-12,15,21-22H,2-3,6-7,13-14,16H2. The first-order valence-electron chi connectivity index (χ1n) is 11.4. The Kier molecular flexibility index (Phi) is 5.94. The topological polar surface area (TPSA) is 72.6 Å². The Labute approximate surface area is 191 Å². The SMILES string of the molecule is O=C(OCc1coc(-c2ccc(F)cc2)n1)C1CCCCC1C(=O)N1CCc2ccccc21. The number of amides is 1. The molecular formula is C26H25FN2O4. The van der Waals surface area contributed by atoms with Gasteiger partial charge >= 0.3 is 5.97 Å². The number of oxazole rings is 1. The molecule has 0 saturated heterocycles. The van der Waals surface area contributed by atoms with Crippen LogP contribution in [0.25, 0.3) is 11.5 Å². The summed E-state index contributed by atoms with van der Waals surface area (Å²) >= 11 is 0. The summed E-state index contributed by atoms with van der Waals surface area (Å²) in [6.07, 6.45) is 5.43. The third kappa shape index (κ3) is 4.40. The normalized spacial score (nSPS) is 19.8. The highest BCUT2D eigenvalue weighted by Crippen LogP contribution is 2.36. The van der Waals surface area contributed by atoms with E-state index in [1.807, 2.05) is 29.2 Å². The summed E-state index contributed by atoms with van der Waals surface area (Å²) in [6, 6.07) is 13.8. The molecule has 1 saturated carbocycles. The van der Waals surface area contributed by atoms with E-state index in [-0.39, 0.29) is 30.2 Å². The molecule has 170 valence electrons. The molecule has 2 unspecified atom stereocenters. The number of nitrogens with zero attached hydrogens (tertiary/aromatic N) is 2. The lowest BCUT2D eigenvalue weighted by Gasteiger charge is -2.32. The zero-order valence-corrected chi connectivity index (χ0v) is 18.2. The van der Waals surface area contributed by atoms with Crippen LogP contribution in [0.15, 0.2) is 59.2 Å². The van der Waals surface area contributed by atoms with Gasteiger partial charge in [0.2, 0.25) is 11.8 Å². The average molecular weight is 448 g/mol. The fraction of sp³-hybridized carbons (Fsp3) is 0.346. The summed E-state index contributed by atoms with van der Waals surface area (Å²) in [5.41, 5.74) is 3.23. The van der Waals surface area contributed by atoms with Crippen LogP contribution in [-0.4, -0.2) is 23.4 Å². The Morgan fingerprint density at radius 3 is 2.64 bits per heavy atom. The maximum absolute atomic E-state index is 13.4. The predicted octanol–water partition coefficient (Wildman–Crippen LogP) is 4.92. The first-order valence-corrected chi connectivity index (χ1v) is 11.4. The fourth-order valence-electron chi connectivity index (χ4n) is 4.83. The summed E-state index contributed by atoms with van der Waals surface area (Å²) in [6.45, 7) is 0.620. The Hall–Kier alpha value is -3.48. The molecule has 7 heteroatoms. The Morgan fingerprint density at radius 1 is 1.06 bits per heavy atom. The molecule has 33 heavy (non-hydrogen) atoms. The van der Waals surface area contributed by atoms with Crippen molar-refractivity contribution >= 4 is 17.6 Å². The number of rotatable bonds is 5. The van der Waals surface area contributed by atoms with Crippen LogP contribution in [-0.2, 0) is 27.4 Å². The number of esters is 1. The molecule has 6 nitrogen and oxygen atoms in total. The van der Waals surface area contributed by atoms with Gasteiger partial charge in [0.15, 0.2) is 0 Å². The number of carbonyl (C=O) groups is 2. The lowest BCUT2D eigenvalue weighted by Crippen LogP contribution is -2.42. The molecule has 2 heterocycles. The highest BCUT2D eigenvalue weighted by Gasteiger charge is 2.40. The smallest absolute Gasteiger partial charge is 0.310 e. The van der Waals surface area contributed by atoms with Crippen molar-refractivity contribution in [1.29, 1.82) is 0 Å². The molecule has 0 spiro atoms. The van der Waals surface area contributed by atoms with Crippen molar-refractivity contribution in [2.45, 2.75) is 38.7 Å². The van der Waals surface area contributed by atoms with Crippen molar-refractivity contribution in [3.63, 3.8) is 0 Å². The molecule has 1 aliphatic heterocycles. The molecule has 5 rings (SSSR count). The molecule has 0 N–H and O–H groups in total. The van der Waals surface area contributed by atoms with E-state index in [1.54, 1.807) is 12.1 Å². The summed E-state index contributed by atoms with van der Waals surface area (Å²) in [5, 5.41) is 0. The van der Waals surface area contributed by atoms with Gasteiger partial charge in [-0.05, 0) is 55.2 Å². The number of anilines is 1. The van der Waals surface area contributed by atoms with E-state index in [0.717, 1.165) is 24.9 Å². The van der Waals surface area contributed by atoms with Crippen LogP contribution in [0.4, 0.5) is 10.1 Å². The fourth-order valence-corrected chi connectivity index (χ4v) is 4.83. The first kappa shape index (κ1) is 21.4. The summed E-state index contributed by atoms with van der Waals surface area (Å²) in [4.78, 5) is 32.5. The molecule has 1 amide bonds. The van der Waals surface area contributed by atoms with Crippen LogP contribution in [0.5, 0.6) is 0 Å². The number of para-hydroxylation sites is 1. The first-order chi connectivity index (χ1) is 16.1.